The van der Waals surface area contributed by atoms with Gasteiger partial charge in [0.05, 0.1) is 0 Å². The number of benzene rings is 2. The Labute approximate surface area is 114 Å². The Balaban J connectivity index is 0.00000162. The summed E-state index contributed by atoms with van der Waals surface area (Å²) in [6.07, 6.45) is -0.00491. The molecule has 0 amide bonds. The van der Waals surface area contributed by atoms with Crippen molar-refractivity contribution >= 4 is 17.9 Å². The molecule has 0 saturated heterocycles. The Morgan fingerprint density at radius 3 is 1.28 bits per heavy atom. The van der Waals surface area contributed by atoms with Gasteiger partial charge in [0.15, 0.2) is 12.7 Å². The maximum absolute atomic E-state index is 9.77. The van der Waals surface area contributed by atoms with Crippen molar-refractivity contribution in [1.29, 1.82) is 0 Å². The molecule has 0 aliphatic heterocycles. The molecule has 0 radical (unpaired) electrons. The highest BCUT2D eigenvalue weighted by Crippen LogP contribution is 2.54. The molecule has 0 aliphatic rings. The molecule has 0 heterocycles. The molecule has 0 fully saturated rings. The van der Waals surface area contributed by atoms with Crippen molar-refractivity contribution in [2.75, 3.05) is 12.7 Å². The lowest BCUT2D eigenvalue weighted by Gasteiger charge is -2.22. The van der Waals surface area contributed by atoms with Crippen LogP contribution in [0.3, 0.4) is 0 Å². The van der Waals surface area contributed by atoms with Crippen LogP contribution in [0.15, 0.2) is 60.7 Å². The topological polar surface area (TPSA) is 40.5 Å². The van der Waals surface area contributed by atoms with Crippen LogP contribution in [0, 0.1) is 0 Å². The second-order valence-electron chi connectivity index (χ2n) is 3.92. The monoisotopic (exact) mass is 282 g/mol. The molecule has 4 heteroatoms. The van der Waals surface area contributed by atoms with Crippen LogP contribution in [0.1, 0.15) is 0 Å². The average Bonchev–Trinajstić information content (AvgIpc) is 2.43. The van der Waals surface area contributed by atoms with Gasteiger partial charge in [0.2, 0.25) is 0 Å². The molecule has 2 nitrogen and oxygen atoms in total. The van der Waals surface area contributed by atoms with E-state index >= 15 is 0 Å². The van der Waals surface area contributed by atoms with Gasteiger partial charge in [-0.15, -0.1) is 0 Å². The molecule has 0 spiro atoms. The molecular weight excluding hydrogens is 267 g/mol. The first-order valence-corrected chi connectivity index (χ1v) is 7.69. The second-order valence-corrected chi connectivity index (χ2v) is 7.46. The first-order valence-electron chi connectivity index (χ1n) is 5.53. The normalized spacial score (nSPS) is 10.8. The lowest BCUT2D eigenvalue weighted by Crippen LogP contribution is -3.00. The van der Waals surface area contributed by atoms with Gasteiger partial charge in [-0.2, -0.15) is 0 Å². The minimum absolute atomic E-state index is 0. The summed E-state index contributed by atoms with van der Waals surface area (Å²) in [5, 5.41) is 21.6. The molecule has 2 rings (SSSR count). The highest BCUT2D eigenvalue weighted by Gasteiger charge is 2.41. The van der Waals surface area contributed by atoms with E-state index in [4.69, 9.17) is 0 Å². The van der Waals surface area contributed by atoms with Crippen molar-refractivity contribution in [3.8, 4) is 0 Å². The SMILES string of the molecule is OC[P+](CO)(c1ccccc1)c1ccccc1.[Cl-]. The molecule has 18 heavy (non-hydrogen) atoms. The van der Waals surface area contributed by atoms with Crippen molar-refractivity contribution < 1.29 is 22.6 Å². The van der Waals surface area contributed by atoms with E-state index in [1.165, 1.54) is 0 Å². The number of aliphatic hydroxyl groups is 2. The molecular formula is C14H16ClO2P. The molecule has 0 unspecified atom stereocenters. The van der Waals surface area contributed by atoms with Crippen molar-refractivity contribution in [3.63, 3.8) is 0 Å². The third kappa shape index (κ3) is 2.73. The van der Waals surface area contributed by atoms with Crippen molar-refractivity contribution in [2.45, 2.75) is 0 Å². The number of rotatable bonds is 4. The maximum atomic E-state index is 9.77. The summed E-state index contributed by atoms with van der Waals surface area (Å²) in [6.45, 7) is 0. The number of halogens is 1. The molecule has 96 valence electrons. The van der Waals surface area contributed by atoms with Crippen molar-refractivity contribution in [3.05, 3.63) is 60.7 Å². The highest BCUT2D eigenvalue weighted by molar-refractivity contribution is 7.89. The summed E-state index contributed by atoms with van der Waals surface area (Å²) in [5.41, 5.74) is 0. The smallest absolute Gasteiger partial charge is 0.166 e. The predicted octanol–water partition coefficient (Wildman–Crippen LogP) is -1.44. The zero-order chi connectivity index (χ0) is 12.1. The Hall–Kier alpha value is -0.920. The lowest BCUT2D eigenvalue weighted by molar-refractivity contribution is -0.00000501. The average molecular weight is 283 g/mol. The molecule has 2 aromatic rings. The van der Waals surface area contributed by atoms with Crippen molar-refractivity contribution in [1.82, 2.24) is 0 Å². The summed E-state index contributed by atoms with van der Waals surface area (Å²) in [6, 6.07) is 19.6. The van der Waals surface area contributed by atoms with Crippen LogP contribution >= 0.6 is 7.26 Å². The van der Waals surface area contributed by atoms with Crippen LogP contribution in [0.25, 0.3) is 0 Å². The fourth-order valence-electron chi connectivity index (χ4n) is 1.95. The Morgan fingerprint density at radius 1 is 0.667 bits per heavy atom. The van der Waals surface area contributed by atoms with Crippen LogP contribution in [0.4, 0.5) is 0 Å². The third-order valence-electron chi connectivity index (χ3n) is 2.98. The Morgan fingerprint density at radius 2 is 1.00 bits per heavy atom. The standard InChI is InChI=1S/C14H16O2P.ClH/c15-11-17(12-16,13-7-3-1-4-8-13)14-9-5-2-6-10-14;/h1-10,15-16H,11-12H2;1H/q+1;/p-1. The van der Waals surface area contributed by atoms with E-state index in [0.29, 0.717) is 0 Å². The second kappa shape index (κ2) is 6.86. The highest BCUT2D eigenvalue weighted by atomic mass is 35.5. The summed E-state index contributed by atoms with van der Waals surface area (Å²) >= 11 is 0. The fourth-order valence-corrected chi connectivity index (χ4v) is 4.47. The van der Waals surface area contributed by atoms with Gasteiger partial charge >= 0.3 is 0 Å². The van der Waals surface area contributed by atoms with E-state index in [2.05, 4.69) is 0 Å². The van der Waals surface area contributed by atoms with Crippen LogP contribution in [-0.4, -0.2) is 22.9 Å². The van der Waals surface area contributed by atoms with Gasteiger partial charge in [-0.25, -0.2) is 0 Å². The largest absolute Gasteiger partial charge is 1.00 e. The molecule has 0 aliphatic carbocycles. The number of hydrogen-bond donors (Lipinski definition) is 2. The molecule has 0 aromatic heterocycles. The van der Waals surface area contributed by atoms with Gasteiger partial charge in [0, 0.05) is 0 Å². The molecule has 2 aromatic carbocycles. The summed E-state index contributed by atoms with van der Waals surface area (Å²) in [4.78, 5) is 0. The van der Waals surface area contributed by atoms with E-state index in [-0.39, 0.29) is 25.1 Å². The van der Waals surface area contributed by atoms with Crippen LogP contribution in [0.5, 0.6) is 0 Å². The quantitative estimate of drug-likeness (QED) is 0.675. The zero-order valence-corrected chi connectivity index (χ0v) is 11.6. The van der Waals surface area contributed by atoms with Gasteiger partial charge in [-0.1, -0.05) is 36.4 Å². The van der Waals surface area contributed by atoms with E-state index in [1.54, 1.807) is 0 Å². The summed E-state index contributed by atoms with van der Waals surface area (Å²) in [7, 11) is -2.05. The first-order chi connectivity index (χ1) is 8.33. The van der Waals surface area contributed by atoms with E-state index in [0.717, 1.165) is 10.6 Å². The Bertz CT molecular complexity index is 416. The van der Waals surface area contributed by atoms with Gasteiger partial charge in [-0.3, -0.25) is 0 Å². The predicted molar refractivity (Wildman–Crippen MR) is 73.2 cm³/mol. The van der Waals surface area contributed by atoms with Gasteiger partial charge < -0.3 is 22.6 Å². The minimum Gasteiger partial charge on any atom is -1.00 e. The van der Waals surface area contributed by atoms with E-state index < -0.39 is 7.26 Å². The molecule has 0 saturated carbocycles. The number of aliphatic hydroxyl groups excluding tert-OH is 2. The van der Waals surface area contributed by atoms with E-state index in [9.17, 15) is 10.2 Å². The molecule has 0 bridgehead atoms. The van der Waals surface area contributed by atoms with Gasteiger partial charge in [0.1, 0.15) is 17.9 Å². The third-order valence-corrected chi connectivity index (χ3v) is 6.52. The van der Waals surface area contributed by atoms with Crippen LogP contribution < -0.4 is 23.0 Å². The fraction of sp³-hybridized carbons (Fsp3) is 0.143. The summed E-state index contributed by atoms with van der Waals surface area (Å²) < 4.78 is 0. The maximum Gasteiger partial charge on any atom is 0.166 e. The van der Waals surface area contributed by atoms with Crippen LogP contribution in [0.2, 0.25) is 0 Å². The van der Waals surface area contributed by atoms with Crippen LogP contribution in [-0.2, 0) is 0 Å². The first kappa shape index (κ1) is 15.1. The summed E-state index contributed by atoms with van der Waals surface area (Å²) in [5.74, 6) is 0. The molecule has 2 N–H and O–H groups in total. The van der Waals surface area contributed by atoms with Gasteiger partial charge in [0.25, 0.3) is 0 Å². The Kier molecular flexibility index (Phi) is 5.77. The van der Waals surface area contributed by atoms with Gasteiger partial charge in [-0.05, 0) is 24.3 Å². The zero-order valence-electron chi connectivity index (χ0n) is 9.91. The minimum atomic E-state index is -2.05. The number of hydrogen-bond acceptors (Lipinski definition) is 2. The lowest BCUT2D eigenvalue weighted by atomic mass is 10.4. The van der Waals surface area contributed by atoms with E-state index in [1.807, 2.05) is 60.7 Å². The molecule has 0 atom stereocenters. The van der Waals surface area contributed by atoms with Crippen molar-refractivity contribution in [2.24, 2.45) is 0 Å².